The quantitative estimate of drug-likeness (QED) is 0.812. The van der Waals surface area contributed by atoms with Gasteiger partial charge in [0.25, 0.3) is 0 Å². The highest BCUT2D eigenvalue weighted by molar-refractivity contribution is 5.81. The molecule has 1 aromatic carbocycles. The number of aliphatic carboxylic acids is 1. The first-order chi connectivity index (χ1) is 7.03. The van der Waals surface area contributed by atoms with Crippen molar-refractivity contribution in [2.45, 2.75) is 19.4 Å². The zero-order valence-electron chi connectivity index (χ0n) is 8.64. The molecule has 15 heavy (non-hydrogen) atoms. The van der Waals surface area contributed by atoms with Crippen molar-refractivity contribution in [1.29, 1.82) is 0 Å². The fourth-order valence-corrected chi connectivity index (χ4v) is 1.51. The standard InChI is InChI=1S/C11H12N2O2/c1-11(2,10(14)15)13-7-12-8-5-3-4-6-9(8)13/h3-7H,1-2H3,(H,14,15). The van der Waals surface area contributed by atoms with Crippen molar-refractivity contribution in [2.75, 3.05) is 0 Å². The highest BCUT2D eigenvalue weighted by Crippen LogP contribution is 2.22. The molecule has 0 aliphatic heterocycles. The zero-order valence-corrected chi connectivity index (χ0v) is 8.64. The van der Waals surface area contributed by atoms with Gasteiger partial charge in [-0.1, -0.05) is 12.1 Å². The third-order valence-electron chi connectivity index (χ3n) is 2.58. The number of para-hydroxylation sites is 2. The van der Waals surface area contributed by atoms with E-state index in [0.717, 1.165) is 11.0 Å². The molecule has 0 radical (unpaired) electrons. The van der Waals surface area contributed by atoms with E-state index in [9.17, 15) is 4.79 Å². The molecule has 0 spiro atoms. The molecule has 0 aliphatic carbocycles. The number of carbonyl (C=O) groups is 1. The molecule has 0 saturated heterocycles. The van der Waals surface area contributed by atoms with Gasteiger partial charge in [-0.2, -0.15) is 0 Å². The summed E-state index contributed by atoms with van der Waals surface area (Å²) >= 11 is 0. The minimum atomic E-state index is -0.976. The summed E-state index contributed by atoms with van der Waals surface area (Å²) in [6.45, 7) is 3.31. The van der Waals surface area contributed by atoms with Crippen molar-refractivity contribution in [3.63, 3.8) is 0 Å². The summed E-state index contributed by atoms with van der Waals surface area (Å²) in [5.74, 6) is -0.870. The van der Waals surface area contributed by atoms with Crippen molar-refractivity contribution in [1.82, 2.24) is 9.55 Å². The lowest BCUT2D eigenvalue weighted by Crippen LogP contribution is -2.34. The summed E-state index contributed by atoms with van der Waals surface area (Å²) < 4.78 is 1.67. The Hall–Kier alpha value is -1.84. The number of imidazole rings is 1. The van der Waals surface area contributed by atoms with E-state index in [2.05, 4.69) is 4.98 Å². The SMILES string of the molecule is CC(C)(C(=O)O)n1cnc2ccccc21. The van der Waals surface area contributed by atoms with Gasteiger partial charge >= 0.3 is 5.97 Å². The number of rotatable bonds is 2. The second-order valence-electron chi connectivity index (χ2n) is 3.97. The van der Waals surface area contributed by atoms with E-state index in [0.29, 0.717) is 0 Å². The molecular formula is C11H12N2O2. The van der Waals surface area contributed by atoms with E-state index in [-0.39, 0.29) is 0 Å². The van der Waals surface area contributed by atoms with E-state index >= 15 is 0 Å². The number of hydrogen-bond acceptors (Lipinski definition) is 2. The molecule has 0 aliphatic rings. The lowest BCUT2D eigenvalue weighted by atomic mass is 10.1. The summed E-state index contributed by atoms with van der Waals surface area (Å²) in [4.78, 5) is 15.3. The van der Waals surface area contributed by atoms with Gasteiger partial charge in [-0.3, -0.25) is 0 Å². The van der Waals surface area contributed by atoms with Crippen LogP contribution >= 0.6 is 0 Å². The second kappa shape index (κ2) is 3.08. The fraction of sp³-hybridized carbons (Fsp3) is 0.273. The van der Waals surface area contributed by atoms with Gasteiger partial charge in [0, 0.05) is 0 Å². The third kappa shape index (κ3) is 1.38. The van der Waals surface area contributed by atoms with Crippen LogP contribution in [0.3, 0.4) is 0 Å². The molecule has 2 aromatic rings. The summed E-state index contributed by atoms with van der Waals surface area (Å²) in [6, 6.07) is 7.49. The Bertz CT molecular complexity index is 514. The second-order valence-corrected chi connectivity index (χ2v) is 3.97. The fourth-order valence-electron chi connectivity index (χ4n) is 1.51. The highest BCUT2D eigenvalue weighted by Gasteiger charge is 2.30. The molecule has 78 valence electrons. The Balaban J connectivity index is 2.67. The maximum Gasteiger partial charge on any atom is 0.329 e. The number of fused-ring (bicyclic) bond motifs is 1. The van der Waals surface area contributed by atoms with Crippen LogP contribution in [0, 0.1) is 0 Å². The topological polar surface area (TPSA) is 55.1 Å². The van der Waals surface area contributed by atoms with Crippen LogP contribution in [0.25, 0.3) is 11.0 Å². The van der Waals surface area contributed by atoms with E-state index in [4.69, 9.17) is 5.11 Å². The normalized spacial score (nSPS) is 11.9. The summed E-state index contributed by atoms with van der Waals surface area (Å²) in [6.07, 6.45) is 1.57. The third-order valence-corrected chi connectivity index (χ3v) is 2.58. The molecule has 0 saturated carbocycles. The number of aromatic nitrogens is 2. The predicted octanol–water partition coefficient (Wildman–Crippen LogP) is 1.86. The smallest absolute Gasteiger partial charge is 0.329 e. The molecule has 1 N–H and O–H groups in total. The zero-order chi connectivity index (χ0) is 11.1. The number of hydrogen-bond donors (Lipinski definition) is 1. The minimum absolute atomic E-state index is 0.812. The van der Waals surface area contributed by atoms with Crippen LogP contribution in [-0.4, -0.2) is 20.6 Å². The molecule has 2 rings (SSSR count). The molecule has 1 heterocycles. The first kappa shape index (κ1) is 9.71. The van der Waals surface area contributed by atoms with E-state index in [1.54, 1.807) is 24.7 Å². The average molecular weight is 204 g/mol. The number of nitrogens with zero attached hydrogens (tertiary/aromatic N) is 2. The highest BCUT2D eigenvalue weighted by atomic mass is 16.4. The van der Waals surface area contributed by atoms with Crippen molar-refractivity contribution >= 4 is 17.0 Å². The molecule has 0 fully saturated rings. The van der Waals surface area contributed by atoms with Crippen LogP contribution in [-0.2, 0) is 10.3 Å². The Morgan fingerprint density at radius 3 is 2.73 bits per heavy atom. The van der Waals surface area contributed by atoms with Crippen molar-refractivity contribution in [3.8, 4) is 0 Å². The van der Waals surface area contributed by atoms with Crippen LogP contribution in [0.15, 0.2) is 30.6 Å². The monoisotopic (exact) mass is 204 g/mol. The van der Waals surface area contributed by atoms with E-state index in [1.165, 1.54) is 0 Å². The first-order valence-electron chi connectivity index (χ1n) is 4.69. The van der Waals surface area contributed by atoms with Gasteiger partial charge < -0.3 is 9.67 Å². The van der Waals surface area contributed by atoms with Gasteiger partial charge in [0.2, 0.25) is 0 Å². The van der Waals surface area contributed by atoms with Crippen LogP contribution in [0.5, 0.6) is 0 Å². The van der Waals surface area contributed by atoms with Gasteiger partial charge in [-0.15, -0.1) is 0 Å². The van der Waals surface area contributed by atoms with Crippen molar-refractivity contribution < 1.29 is 9.90 Å². The summed E-state index contributed by atoms with van der Waals surface area (Å²) in [5.41, 5.74) is 0.674. The van der Waals surface area contributed by atoms with Crippen molar-refractivity contribution in [2.24, 2.45) is 0 Å². The van der Waals surface area contributed by atoms with Gasteiger partial charge in [0.15, 0.2) is 0 Å². The van der Waals surface area contributed by atoms with Crippen LogP contribution < -0.4 is 0 Å². The lowest BCUT2D eigenvalue weighted by molar-refractivity contribution is -0.145. The van der Waals surface area contributed by atoms with E-state index in [1.807, 2.05) is 24.3 Å². The van der Waals surface area contributed by atoms with Crippen molar-refractivity contribution in [3.05, 3.63) is 30.6 Å². The predicted molar refractivity (Wildman–Crippen MR) is 56.7 cm³/mol. The maximum absolute atomic E-state index is 11.1. The van der Waals surface area contributed by atoms with E-state index < -0.39 is 11.5 Å². The minimum Gasteiger partial charge on any atom is -0.480 e. The Morgan fingerprint density at radius 2 is 2.07 bits per heavy atom. The Labute approximate surface area is 87.2 Å². The molecule has 0 amide bonds. The molecule has 0 atom stereocenters. The summed E-state index contributed by atoms with van der Waals surface area (Å²) in [5, 5.41) is 9.12. The molecule has 4 nitrogen and oxygen atoms in total. The summed E-state index contributed by atoms with van der Waals surface area (Å²) in [7, 11) is 0. The van der Waals surface area contributed by atoms with Gasteiger partial charge in [0.05, 0.1) is 17.4 Å². The number of carboxylic acids is 1. The van der Waals surface area contributed by atoms with Gasteiger partial charge in [-0.05, 0) is 26.0 Å². The van der Waals surface area contributed by atoms with Crippen LogP contribution in [0.1, 0.15) is 13.8 Å². The molecule has 1 aromatic heterocycles. The molecule has 0 unspecified atom stereocenters. The first-order valence-corrected chi connectivity index (χ1v) is 4.69. The van der Waals surface area contributed by atoms with Gasteiger partial charge in [0.1, 0.15) is 5.54 Å². The maximum atomic E-state index is 11.1. The molecular weight excluding hydrogens is 192 g/mol. The number of carboxylic acid groups (broad SMARTS) is 1. The van der Waals surface area contributed by atoms with Crippen LogP contribution in [0.4, 0.5) is 0 Å². The Morgan fingerprint density at radius 1 is 1.40 bits per heavy atom. The van der Waals surface area contributed by atoms with Gasteiger partial charge in [-0.25, -0.2) is 9.78 Å². The molecule has 4 heteroatoms. The lowest BCUT2D eigenvalue weighted by Gasteiger charge is -2.21. The number of benzene rings is 1. The van der Waals surface area contributed by atoms with Crippen LogP contribution in [0.2, 0.25) is 0 Å². The Kier molecular flexibility index (Phi) is 2.00. The average Bonchev–Trinajstić information content (AvgIpc) is 2.61. The molecule has 0 bridgehead atoms. The largest absolute Gasteiger partial charge is 0.480 e.